The van der Waals surface area contributed by atoms with Crippen LogP contribution in [0.5, 0.6) is 0 Å². The molecule has 0 fully saturated rings. The van der Waals surface area contributed by atoms with E-state index < -0.39 is 0 Å². The van der Waals surface area contributed by atoms with Gasteiger partial charge < -0.3 is 5.32 Å². The smallest absolute Gasteiger partial charge is 0.223 e. The van der Waals surface area contributed by atoms with Gasteiger partial charge in [-0.15, -0.1) is 0 Å². The summed E-state index contributed by atoms with van der Waals surface area (Å²) in [6, 6.07) is 10.4. The van der Waals surface area contributed by atoms with E-state index in [-0.39, 0.29) is 17.9 Å². The van der Waals surface area contributed by atoms with E-state index in [9.17, 15) is 4.79 Å². The van der Waals surface area contributed by atoms with Crippen molar-refractivity contribution in [3.63, 3.8) is 0 Å². The molecule has 1 aromatic rings. The van der Waals surface area contributed by atoms with E-state index in [1.165, 1.54) is 5.56 Å². The first-order valence-corrected chi connectivity index (χ1v) is 7.73. The van der Waals surface area contributed by atoms with Gasteiger partial charge in [-0.1, -0.05) is 60.1 Å². The van der Waals surface area contributed by atoms with Gasteiger partial charge in [0.25, 0.3) is 0 Å². The monoisotopic (exact) mass is 311 g/mol. The lowest BCUT2D eigenvalue weighted by Gasteiger charge is -2.20. The van der Waals surface area contributed by atoms with Crippen molar-refractivity contribution in [2.24, 2.45) is 5.92 Å². The summed E-state index contributed by atoms with van der Waals surface area (Å²) >= 11 is 3.48. The van der Waals surface area contributed by atoms with Crippen molar-refractivity contribution in [2.75, 3.05) is 5.33 Å². The molecular weight excluding hydrogens is 290 g/mol. The van der Waals surface area contributed by atoms with Crippen LogP contribution in [0.25, 0.3) is 0 Å². The Morgan fingerprint density at radius 2 is 1.83 bits per heavy atom. The van der Waals surface area contributed by atoms with Crippen LogP contribution in [0.1, 0.15) is 32.3 Å². The van der Waals surface area contributed by atoms with Gasteiger partial charge in [-0.3, -0.25) is 4.79 Å². The van der Waals surface area contributed by atoms with Crippen molar-refractivity contribution >= 4 is 21.8 Å². The number of amides is 1. The van der Waals surface area contributed by atoms with Crippen LogP contribution in [0, 0.1) is 5.92 Å². The summed E-state index contributed by atoms with van der Waals surface area (Å²) < 4.78 is 0. The lowest BCUT2D eigenvalue weighted by Crippen LogP contribution is -2.41. The molecule has 1 N–H and O–H groups in total. The number of carbonyl (C=O) groups is 1. The van der Waals surface area contributed by atoms with E-state index in [2.05, 4.69) is 47.2 Å². The first kappa shape index (κ1) is 15.2. The van der Waals surface area contributed by atoms with E-state index >= 15 is 0 Å². The largest absolute Gasteiger partial charge is 0.352 e. The molecule has 100 valence electrons. The molecule has 18 heavy (non-hydrogen) atoms. The van der Waals surface area contributed by atoms with E-state index in [1.807, 2.05) is 18.2 Å². The van der Waals surface area contributed by atoms with Gasteiger partial charge in [0.05, 0.1) is 0 Å². The molecule has 0 aromatic heterocycles. The quantitative estimate of drug-likeness (QED) is 0.767. The Morgan fingerprint density at radius 3 is 2.33 bits per heavy atom. The Balaban J connectivity index is 2.54. The second-order valence-corrected chi connectivity index (χ2v) is 5.21. The van der Waals surface area contributed by atoms with Crippen LogP contribution in [-0.4, -0.2) is 17.3 Å². The number of hydrogen-bond acceptors (Lipinski definition) is 1. The van der Waals surface area contributed by atoms with E-state index in [0.29, 0.717) is 0 Å². The minimum atomic E-state index is 0.141. The van der Waals surface area contributed by atoms with Crippen LogP contribution in [0.4, 0.5) is 0 Å². The minimum Gasteiger partial charge on any atom is -0.352 e. The fourth-order valence-electron chi connectivity index (χ4n) is 2.02. The summed E-state index contributed by atoms with van der Waals surface area (Å²) in [4.78, 5) is 12.0. The summed E-state index contributed by atoms with van der Waals surface area (Å²) in [7, 11) is 0. The highest BCUT2D eigenvalue weighted by molar-refractivity contribution is 9.09. The van der Waals surface area contributed by atoms with Gasteiger partial charge in [-0.2, -0.15) is 0 Å². The Kier molecular flexibility index (Phi) is 7.02. The number of alkyl halides is 1. The fraction of sp³-hybridized carbons (Fsp3) is 0.533. The Bertz CT molecular complexity index is 349. The van der Waals surface area contributed by atoms with E-state index in [0.717, 1.165) is 24.6 Å². The maximum Gasteiger partial charge on any atom is 0.223 e. The number of benzene rings is 1. The summed E-state index contributed by atoms with van der Waals surface area (Å²) in [6.45, 7) is 4.13. The molecule has 0 radical (unpaired) electrons. The first-order valence-electron chi connectivity index (χ1n) is 6.61. The van der Waals surface area contributed by atoms with Crippen molar-refractivity contribution < 1.29 is 4.79 Å². The molecule has 3 heteroatoms. The van der Waals surface area contributed by atoms with Crippen molar-refractivity contribution in [3.8, 4) is 0 Å². The van der Waals surface area contributed by atoms with Crippen LogP contribution in [0.2, 0.25) is 0 Å². The predicted molar refractivity (Wildman–Crippen MR) is 79.9 cm³/mol. The van der Waals surface area contributed by atoms with Crippen LogP contribution >= 0.6 is 15.9 Å². The van der Waals surface area contributed by atoms with Gasteiger partial charge in [-0.25, -0.2) is 0 Å². The summed E-state index contributed by atoms with van der Waals surface area (Å²) in [5.41, 5.74) is 1.26. The van der Waals surface area contributed by atoms with Gasteiger partial charge in [0.15, 0.2) is 0 Å². The molecule has 0 saturated carbocycles. The van der Waals surface area contributed by atoms with E-state index in [4.69, 9.17) is 0 Å². The van der Waals surface area contributed by atoms with Crippen LogP contribution in [0.3, 0.4) is 0 Å². The molecule has 1 unspecified atom stereocenters. The molecular formula is C15H22BrNO. The number of halogens is 1. The Hall–Kier alpha value is -0.830. The molecule has 0 bridgehead atoms. The molecule has 1 aromatic carbocycles. The standard InChI is InChI=1S/C15H22BrNO/c1-3-13(4-2)15(18)17-14(11-16)10-12-8-6-5-7-9-12/h5-9,13-14H,3-4,10-11H2,1-2H3,(H,17,18). The molecule has 0 spiro atoms. The van der Waals surface area contributed by atoms with Crippen LogP contribution < -0.4 is 5.32 Å². The minimum absolute atomic E-state index is 0.141. The Morgan fingerprint density at radius 1 is 1.22 bits per heavy atom. The van der Waals surface area contributed by atoms with Crippen molar-refractivity contribution in [2.45, 2.75) is 39.2 Å². The zero-order valence-electron chi connectivity index (χ0n) is 11.2. The third-order valence-corrected chi connectivity index (χ3v) is 4.00. The lowest BCUT2D eigenvalue weighted by atomic mass is 10.0. The second kappa shape index (κ2) is 8.30. The number of carbonyl (C=O) groups excluding carboxylic acids is 1. The van der Waals surface area contributed by atoms with E-state index in [1.54, 1.807) is 0 Å². The van der Waals surface area contributed by atoms with Gasteiger partial charge in [0, 0.05) is 17.3 Å². The number of nitrogens with one attached hydrogen (secondary N) is 1. The molecule has 0 saturated heterocycles. The second-order valence-electron chi connectivity index (χ2n) is 4.56. The Labute approximate surface area is 118 Å². The average molecular weight is 312 g/mol. The van der Waals surface area contributed by atoms with Crippen LogP contribution in [0.15, 0.2) is 30.3 Å². The third kappa shape index (κ3) is 4.81. The van der Waals surface area contributed by atoms with Gasteiger partial charge in [-0.05, 0) is 24.8 Å². The molecule has 2 nitrogen and oxygen atoms in total. The molecule has 0 aliphatic heterocycles. The molecule has 0 heterocycles. The zero-order chi connectivity index (χ0) is 13.4. The molecule has 1 atom stereocenters. The molecule has 0 aliphatic carbocycles. The van der Waals surface area contributed by atoms with Gasteiger partial charge in [0.1, 0.15) is 0 Å². The summed E-state index contributed by atoms with van der Waals surface area (Å²) in [5.74, 6) is 0.322. The predicted octanol–water partition coefficient (Wildman–Crippen LogP) is 3.55. The summed E-state index contributed by atoms with van der Waals surface area (Å²) in [6.07, 6.45) is 2.68. The highest BCUT2D eigenvalue weighted by Gasteiger charge is 2.18. The maximum absolute atomic E-state index is 12.0. The fourth-order valence-corrected chi connectivity index (χ4v) is 2.41. The SMILES string of the molecule is CCC(CC)C(=O)NC(CBr)Cc1ccccc1. The maximum atomic E-state index is 12.0. The topological polar surface area (TPSA) is 29.1 Å². The molecule has 0 aliphatic rings. The van der Waals surface area contributed by atoms with Gasteiger partial charge in [0.2, 0.25) is 5.91 Å². The van der Waals surface area contributed by atoms with Crippen molar-refractivity contribution in [1.29, 1.82) is 0 Å². The summed E-state index contributed by atoms with van der Waals surface area (Å²) in [5, 5.41) is 3.92. The number of rotatable bonds is 7. The van der Waals surface area contributed by atoms with Gasteiger partial charge >= 0.3 is 0 Å². The first-order chi connectivity index (χ1) is 8.71. The highest BCUT2D eigenvalue weighted by atomic mass is 79.9. The van der Waals surface area contributed by atoms with Crippen molar-refractivity contribution in [1.82, 2.24) is 5.32 Å². The van der Waals surface area contributed by atoms with Crippen molar-refractivity contribution in [3.05, 3.63) is 35.9 Å². The highest BCUT2D eigenvalue weighted by Crippen LogP contribution is 2.10. The molecule has 1 rings (SSSR count). The lowest BCUT2D eigenvalue weighted by molar-refractivity contribution is -0.125. The number of hydrogen-bond donors (Lipinski definition) is 1. The molecule has 1 amide bonds. The van der Waals surface area contributed by atoms with Crippen LogP contribution in [-0.2, 0) is 11.2 Å². The normalized spacial score (nSPS) is 12.4. The zero-order valence-corrected chi connectivity index (χ0v) is 12.7. The average Bonchev–Trinajstić information content (AvgIpc) is 2.40. The third-order valence-electron chi connectivity index (χ3n) is 3.21.